The van der Waals surface area contributed by atoms with Crippen molar-refractivity contribution >= 4 is 50.7 Å². The quantitative estimate of drug-likeness (QED) is 0.357. The van der Waals surface area contributed by atoms with Crippen molar-refractivity contribution in [2.75, 3.05) is 5.75 Å². The maximum Gasteiger partial charge on any atom is 0.230 e. The third-order valence-electron chi connectivity index (χ3n) is 4.64. The summed E-state index contributed by atoms with van der Waals surface area (Å²) in [5, 5.41) is 16.5. The first kappa shape index (κ1) is 20.9. The van der Waals surface area contributed by atoms with Gasteiger partial charge in [0.2, 0.25) is 5.91 Å². The molecule has 0 aliphatic heterocycles. The van der Waals surface area contributed by atoms with Crippen molar-refractivity contribution in [2.45, 2.75) is 31.6 Å². The third kappa shape index (κ3) is 4.53. The summed E-state index contributed by atoms with van der Waals surface area (Å²) in [5.41, 5.74) is 2.09. The molecule has 1 amide bonds. The zero-order valence-electron chi connectivity index (χ0n) is 16.6. The Bertz CT molecular complexity index is 1170. The number of carbonyl (C=O) groups is 1. The number of thioether (sulfide) groups is 1. The Balaban J connectivity index is 1.47. The normalized spacial score (nSPS) is 11.3. The van der Waals surface area contributed by atoms with Crippen LogP contribution < -0.4 is 5.32 Å². The van der Waals surface area contributed by atoms with Crippen molar-refractivity contribution in [2.24, 2.45) is 0 Å². The van der Waals surface area contributed by atoms with Crippen LogP contribution in [0, 0.1) is 0 Å². The van der Waals surface area contributed by atoms with Gasteiger partial charge in [0.15, 0.2) is 11.0 Å². The molecule has 1 N–H and O–H groups in total. The fourth-order valence-corrected chi connectivity index (χ4v) is 5.12. The number of amides is 1. The van der Waals surface area contributed by atoms with Crippen LogP contribution in [-0.4, -0.2) is 26.4 Å². The molecule has 8 heteroatoms. The van der Waals surface area contributed by atoms with E-state index in [1.165, 1.54) is 21.8 Å². The molecular weight excluding hydrogens is 436 g/mol. The SMILES string of the molecule is CC(C)n1c(SCC(=O)NCc2ccc(Cl)cc2)nnc1-c1csc2ccccc12. The largest absolute Gasteiger partial charge is 0.351 e. The molecule has 0 spiro atoms. The van der Waals surface area contributed by atoms with E-state index in [0.29, 0.717) is 11.6 Å². The first-order chi connectivity index (χ1) is 14.5. The fourth-order valence-electron chi connectivity index (χ4n) is 3.16. The van der Waals surface area contributed by atoms with Crippen LogP contribution in [0.15, 0.2) is 59.1 Å². The number of rotatable bonds is 7. The molecule has 0 atom stereocenters. The predicted octanol–water partition coefficient (Wildman–Crippen LogP) is 5.80. The highest BCUT2D eigenvalue weighted by atomic mass is 35.5. The van der Waals surface area contributed by atoms with E-state index in [4.69, 9.17) is 11.6 Å². The molecule has 0 saturated carbocycles. The summed E-state index contributed by atoms with van der Waals surface area (Å²) in [7, 11) is 0. The van der Waals surface area contributed by atoms with Gasteiger partial charge in [-0.05, 0) is 37.6 Å². The molecule has 2 aromatic carbocycles. The zero-order valence-corrected chi connectivity index (χ0v) is 19.0. The molecular formula is C22H21ClN4OS2. The van der Waals surface area contributed by atoms with Gasteiger partial charge in [0.05, 0.1) is 5.75 Å². The first-order valence-electron chi connectivity index (χ1n) is 9.58. The lowest BCUT2D eigenvalue weighted by Gasteiger charge is -2.13. The Labute approximate surface area is 188 Å². The van der Waals surface area contributed by atoms with Crippen LogP contribution in [0.5, 0.6) is 0 Å². The molecule has 0 unspecified atom stereocenters. The molecule has 4 rings (SSSR count). The number of thiophene rings is 1. The summed E-state index contributed by atoms with van der Waals surface area (Å²) in [5.74, 6) is 1.07. The fraction of sp³-hybridized carbons (Fsp3) is 0.227. The molecule has 0 saturated heterocycles. The molecule has 5 nitrogen and oxygen atoms in total. The van der Waals surface area contributed by atoms with Gasteiger partial charge in [-0.1, -0.05) is 53.7 Å². The highest BCUT2D eigenvalue weighted by Crippen LogP contribution is 2.35. The van der Waals surface area contributed by atoms with Crippen LogP contribution in [0.1, 0.15) is 25.5 Å². The lowest BCUT2D eigenvalue weighted by atomic mass is 10.1. The van der Waals surface area contributed by atoms with Crippen LogP contribution in [0.4, 0.5) is 0 Å². The lowest BCUT2D eigenvalue weighted by molar-refractivity contribution is -0.118. The van der Waals surface area contributed by atoms with Gasteiger partial charge in [0.1, 0.15) is 0 Å². The number of nitrogens with one attached hydrogen (secondary N) is 1. The molecule has 0 radical (unpaired) electrons. The number of carbonyl (C=O) groups excluding carboxylic acids is 1. The van der Waals surface area contributed by atoms with Gasteiger partial charge in [-0.3, -0.25) is 9.36 Å². The van der Waals surface area contributed by atoms with Crippen molar-refractivity contribution in [1.29, 1.82) is 0 Å². The van der Waals surface area contributed by atoms with E-state index in [-0.39, 0.29) is 17.7 Å². The molecule has 4 aromatic rings. The van der Waals surface area contributed by atoms with Gasteiger partial charge in [-0.15, -0.1) is 21.5 Å². The Hall–Kier alpha value is -2.35. The second-order valence-electron chi connectivity index (χ2n) is 7.11. The molecule has 154 valence electrons. The molecule has 2 heterocycles. The predicted molar refractivity (Wildman–Crippen MR) is 125 cm³/mol. The van der Waals surface area contributed by atoms with Gasteiger partial charge in [0.25, 0.3) is 0 Å². The first-order valence-corrected chi connectivity index (χ1v) is 11.8. The molecule has 30 heavy (non-hydrogen) atoms. The van der Waals surface area contributed by atoms with E-state index in [1.807, 2.05) is 36.4 Å². The number of hydrogen-bond acceptors (Lipinski definition) is 5. The van der Waals surface area contributed by atoms with Crippen molar-refractivity contribution in [3.05, 3.63) is 64.5 Å². The van der Waals surface area contributed by atoms with E-state index < -0.39 is 0 Å². The highest BCUT2D eigenvalue weighted by molar-refractivity contribution is 7.99. The lowest BCUT2D eigenvalue weighted by Crippen LogP contribution is -2.24. The van der Waals surface area contributed by atoms with Gasteiger partial charge in [-0.2, -0.15) is 0 Å². The van der Waals surface area contributed by atoms with Crippen LogP contribution in [-0.2, 0) is 11.3 Å². The molecule has 0 bridgehead atoms. The van der Waals surface area contributed by atoms with E-state index >= 15 is 0 Å². The van der Waals surface area contributed by atoms with Crippen molar-refractivity contribution < 1.29 is 4.79 Å². The highest BCUT2D eigenvalue weighted by Gasteiger charge is 2.20. The van der Waals surface area contributed by atoms with Crippen molar-refractivity contribution in [1.82, 2.24) is 20.1 Å². The van der Waals surface area contributed by atoms with E-state index in [1.54, 1.807) is 11.3 Å². The minimum Gasteiger partial charge on any atom is -0.351 e. The Morgan fingerprint density at radius 2 is 1.93 bits per heavy atom. The van der Waals surface area contributed by atoms with Crippen molar-refractivity contribution in [3.63, 3.8) is 0 Å². The summed E-state index contributed by atoms with van der Waals surface area (Å²) < 4.78 is 3.33. The Morgan fingerprint density at radius 3 is 2.70 bits per heavy atom. The number of aromatic nitrogens is 3. The molecule has 0 fully saturated rings. The van der Waals surface area contributed by atoms with Crippen LogP contribution in [0.2, 0.25) is 5.02 Å². The van der Waals surface area contributed by atoms with E-state index in [2.05, 4.69) is 51.4 Å². The van der Waals surface area contributed by atoms with Crippen LogP contribution in [0.25, 0.3) is 21.5 Å². The van der Waals surface area contributed by atoms with Crippen molar-refractivity contribution in [3.8, 4) is 11.4 Å². The minimum absolute atomic E-state index is 0.0456. The maximum atomic E-state index is 12.3. The number of hydrogen-bond donors (Lipinski definition) is 1. The molecule has 2 aromatic heterocycles. The number of benzene rings is 2. The maximum absolute atomic E-state index is 12.3. The number of nitrogens with zero attached hydrogens (tertiary/aromatic N) is 3. The zero-order chi connectivity index (χ0) is 21.1. The summed E-state index contributed by atoms with van der Waals surface area (Å²) in [6.45, 7) is 4.68. The Kier molecular flexibility index (Phi) is 6.41. The summed E-state index contributed by atoms with van der Waals surface area (Å²) in [6.07, 6.45) is 0. The molecule has 0 aliphatic carbocycles. The van der Waals surface area contributed by atoms with Crippen LogP contribution >= 0.6 is 34.7 Å². The molecule has 0 aliphatic rings. The van der Waals surface area contributed by atoms with E-state index in [0.717, 1.165) is 22.1 Å². The second-order valence-corrected chi connectivity index (χ2v) is 9.40. The van der Waals surface area contributed by atoms with E-state index in [9.17, 15) is 4.79 Å². The summed E-state index contributed by atoms with van der Waals surface area (Å²) in [6, 6.07) is 15.9. The Morgan fingerprint density at radius 1 is 1.17 bits per heavy atom. The van der Waals surface area contributed by atoms with Gasteiger partial charge < -0.3 is 5.32 Å². The average molecular weight is 457 g/mol. The smallest absolute Gasteiger partial charge is 0.230 e. The third-order valence-corrected chi connectivity index (χ3v) is 6.80. The summed E-state index contributed by atoms with van der Waals surface area (Å²) in [4.78, 5) is 12.3. The topological polar surface area (TPSA) is 59.8 Å². The minimum atomic E-state index is -0.0456. The standard InChI is InChI=1S/C22H21ClN4OS2/c1-14(2)27-21(18-12-29-19-6-4-3-5-17(18)19)25-26-22(27)30-13-20(28)24-11-15-7-9-16(23)10-8-15/h3-10,12,14H,11,13H2,1-2H3,(H,24,28). The van der Waals surface area contributed by atoms with Gasteiger partial charge >= 0.3 is 0 Å². The summed E-state index contributed by atoms with van der Waals surface area (Å²) >= 11 is 9.00. The van der Waals surface area contributed by atoms with Gasteiger partial charge in [0, 0.05) is 38.6 Å². The number of halogens is 1. The average Bonchev–Trinajstić information content (AvgIpc) is 3.35. The number of fused-ring (bicyclic) bond motifs is 1. The monoisotopic (exact) mass is 456 g/mol. The van der Waals surface area contributed by atoms with Gasteiger partial charge in [-0.25, -0.2) is 0 Å². The van der Waals surface area contributed by atoms with Crippen LogP contribution in [0.3, 0.4) is 0 Å². The second kappa shape index (κ2) is 9.20.